The minimum absolute atomic E-state index is 0.858. The van der Waals surface area contributed by atoms with Crippen molar-refractivity contribution in [1.82, 2.24) is 10.3 Å². The lowest BCUT2D eigenvalue weighted by atomic mass is 10.5. The Bertz CT molecular complexity index is 230. The molecular formula is C8H12N2S. The Kier molecular flexibility index (Phi) is 3.26. The minimum atomic E-state index is 0.858. The number of hydrogen-bond acceptors (Lipinski definition) is 3. The van der Waals surface area contributed by atoms with E-state index in [-0.39, 0.29) is 0 Å². The van der Waals surface area contributed by atoms with Crippen molar-refractivity contribution in [3.8, 4) is 0 Å². The molecule has 0 radical (unpaired) electrons. The van der Waals surface area contributed by atoms with Crippen LogP contribution in [0.25, 0.3) is 0 Å². The highest BCUT2D eigenvalue weighted by Crippen LogP contribution is 2.10. The van der Waals surface area contributed by atoms with Crippen LogP contribution in [-0.2, 0) is 6.54 Å². The van der Waals surface area contributed by atoms with Gasteiger partial charge in [0.25, 0.3) is 0 Å². The highest BCUT2D eigenvalue weighted by atomic mass is 32.1. The summed E-state index contributed by atoms with van der Waals surface area (Å²) in [5.74, 6) is 0. The normalized spacial score (nSPS) is 9.91. The second-order valence-corrected chi connectivity index (χ2v) is 3.58. The number of nitrogens with zero attached hydrogens (tertiary/aromatic N) is 1. The smallest absolute Gasteiger partial charge is 0.0897 e. The molecule has 1 N–H and O–H groups in total. The maximum Gasteiger partial charge on any atom is 0.0897 e. The zero-order valence-corrected chi connectivity index (χ0v) is 7.45. The fourth-order valence-electron chi connectivity index (χ4n) is 0.784. The summed E-state index contributed by atoms with van der Waals surface area (Å²) in [5.41, 5.74) is 0. The summed E-state index contributed by atoms with van der Waals surface area (Å²) in [6, 6.07) is 0. The first-order valence-electron chi connectivity index (χ1n) is 3.56. The molecule has 0 spiro atoms. The molecule has 0 aliphatic rings. The van der Waals surface area contributed by atoms with Gasteiger partial charge in [-0.05, 0) is 6.92 Å². The van der Waals surface area contributed by atoms with E-state index in [0.29, 0.717) is 0 Å². The molecule has 0 saturated carbocycles. The maximum absolute atomic E-state index is 4.15. The molecule has 0 unspecified atom stereocenters. The second-order valence-electron chi connectivity index (χ2n) is 2.27. The summed E-state index contributed by atoms with van der Waals surface area (Å²) in [5, 5.41) is 4.34. The molecule has 0 amide bonds. The third-order valence-corrected chi connectivity index (χ3v) is 2.17. The van der Waals surface area contributed by atoms with Crippen LogP contribution in [-0.4, -0.2) is 11.5 Å². The summed E-state index contributed by atoms with van der Waals surface area (Å²) in [4.78, 5) is 5.43. The van der Waals surface area contributed by atoms with Gasteiger partial charge < -0.3 is 5.32 Å². The Morgan fingerprint density at radius 1 is 1.82 bits per heavy atom. The van der Waals surface area contributed by atoms with Crippen LogP contribution in [0.4, 0.5) is 0 Å². The lowest BCUT2D eigenvalue weighted by molar-refractivity contribution is 0.769. The largest absolute Gasteiger partial charge is 0.308 e. The van der Waals surface area contributed by atoms with Crippen LogP contribution in [0, 0.1) is 6.92 Å². The molecule has 1 aromatic heterocycles. The molecule has 0 atom stereocenters. The van der Waals surface area contributed by atoms with Crippen molar-refractivity contribution in [2.75, 3.05) is 6.54 Å². The van der Waals surface area contributed by atoms with Crippen LogP contribution < -0.4 is 5.32 Å². The van der Waals surface area contributed by atoms with E-state index in [1.165, 1.54) is 4.88 Å². The highest BCUT2D eigenvalue weighted by Gasteiger charge is 1.94. The van der Waals surface area contributed by atoms with Gasteiger partial charge in [-0.15, -0.1) is 17.9 Å². The molecule has 0 saturated heterocycles. The maximum atomic E-state index is 4.15. The Labute approximate surface area is 71.0 Å². The molecule has 2 nitrogen and oxygen atoms in total. The average molecular weight is 168 g/mol. The lowest BCUT2D eigenvalue weighted by Crippen LogP contribution is -2.11. The van der Waals surface area contributed by atoms with E-state index in [9.17, 15) is 0 Å². The molecule has 0 bridgehead atoms. The van der Waals surface area contributed by atoms with Gasteiger partial charge in [0.1, 0.15) is 0 Å². The summed E-state index contributed by atoms with van der Waals surface area (Å²) in [6.45, 7) is 7.40. The van der Waals surface area contributed by atoms with E-state index in [1.807, 2.05) is 19.2 Å². The van der Waals surface area contributed by atoms with Crippen LogP contribution in [0.2, 0.25) is 0 Å². The van der Waals surface area contributed by atoms with E-state index in [4.69, 9.17) is 0 Å². The molecule has 1 rings (SSSR count). The van der Waals surface area contributed by atoms with E-state index >= 15 is 0 Å². The number of hydrogen-bond donors (Lipinski definition) is 1. The number of nitrogens with one attached hydrogen (secondary N) is 1. The topological polar surface area (TPSA) is 24.9 Å². The number of rotatable bonds is 4. The third kappa shape index (κ3) is 2.82. The predicted molar refractivity (Wildman–Crippen MR) is 48.8 cm³/mol. The summed E-state index contributed by atoms with van der Waals surface area (Å²) >= 11 is 1.73. The van der Waals surface area contributed by atoms with Crippen LogP contribution >= 0.6 is 11.3 Å². The third-order valence-electron chi connectivity index (χ3n) is 1.26. The zero-order chi connectivity index (χ0) is 8.10. The standard InChI is InChI=1S/C8H12N2S/c1-3-4-9-5-8-6-10-7(2)11-8/h3,6,9H,1,4-5H2,2H3. The molecule has 1 aromatic rings. The van der Waals surface area contributed by atoms with E-state index in [0.717, 1.165) is 18.1 Å². The molecule has 11 heavy (non-hydrogen) atoms. The van der Waals surface area contributed by atoms with Crippen molar-refractivity contribution in [3.05, 3.63) is 28.7 Å². The van der Waals surface area contributed by atoms with Gasteiger partial charge in [-0.3, -0.25) is 0 Å². The van der Waals surface area contributed by atoms with Crippen molar-refractivity contribution in [3.63, 3.8) is 0 Å². The van der Waals surface area contributed by atoms with E-state index in [1.54, 1.807) is 11.3 Å². The summed E-state index contributed by atoms with van der Waals surface area (Å²) < 4.78 is 0. The van der Waals surface area contributed by atoms with Gasteiger partial charge in [-0.2, -0.15) is 0 Å². The Hall–Kier alpha value is -0.670. The highest BCUT2D eigenvalue weighted by molar-refractivity contribution is 7.11. The molecule has 1 heterocycles. The quantitative estimate of drug-likeness (QED) is 0.547. The van der Waals surface area contributed by atoms with Gasteiger partial charge in [0.15, 0.2) is 0 Å². The molecule has 60 valence electrons. The summed E-state index contributed by atoms with van der Waals surface area (Å²) in [6.07, 6.45) is 3.77. The van der Waals surface area contributed by atoms with Gasteiger partial charge in [0.2, 0.25) is 0 Å². The SMILES string of the molecule is C=CCNCc1cnc(C)s1. The average Bonchev–Trinajstić information content (AvgIpc) is 2.37. The minimum Gasteiger partial charge on any atom is -0.308 e. The van der Waals surface area contributed by atoms with E-state index in [2.05, 4.69) is 16.9 Å². The first-order chi connectivity index (χ1) is 5.33. The molecule has 0 aliphatic carbocycles. The lowest BCUT2D eigenvalue weighted by Gasteiger charge is -1.95. The van der Waals surface area contributed by atoms with Crippen molar-refractivity contribution in [2.45, 2.75) is 13.5 Å². The van der Waals surface area contributed by atoms with Gasteiger partial charge in [0.05, 0.1) is 5.01 Å². The fraction of sp³-hybridized carbons (Fsp3) is 0.375. The van der Waals surface area contributed by atoms with Gasteiger partial charge in [-0.25, -0.2) is 4.98 Å². The van der Waals surface area contributed by atoms with Crippen LogP contribution in [0.15, 0.2) is 18.9 Å². The van der Waals surface area contributed by atoms with Gasteiger partial charge >= 0.3 is 0 Å². The summed E-state index contributed by atoms with van der Waals surface area (Å²) in [7, 11) is 0. The number of aromatic nitrogens is 1. The van der Waals surface area contributed by atoms with Crippen LogP contribution in [0.3, 0.4) is 0 Å². The van der Waals surface area contributed by atoms with Gasteiger partial charge in [0, 0.05) is 24.2 Å². The molecule has 3 heteroatoms. The zero-order valence-electron chi connectivity index (χ0n) is 6.63. The molecule has 0 aromatic carbocycles. The first-order valence-corrected chi connectivity index (χ1v) is 4.37. The Morgan fingerprint density at radius 3 is 3.18 bits per heavy atom. The van der Waals surface area contributed by atoms with Crippen molar-refractivity contribution >= 4 is 11.3 Å². The predicted octanol–water partition coefficient (Wildman–Crippen LogP) is 1.73. The van der Waals surface area contributed by atoms with Crippen LogP contribution in [0.5, 0.6) is 0 Å². The molecular weight excluding hydrogens is 156 g/mol. The Balaban J connectivity index is 2.32. The van der Waals surface area contributed by atoms with Gasteiger partial charge in [-0.1, -0.05) is 6.08 Å². The van der Waals surface area contributed by atoms with Crippen molar-refractivity contribution in [1.29, 1.82) is 0 Å². The van der Waals surface area contributed by atoms with Crippen molar-refractivity contribution in [2.24, 2.45) is 0 Å². The first kappa shape index (κ1) is 8.43. The number of thiazole rings is 1. The van der Waals surface area contributed by atoms with Crippen molar-refractivity contribution < 1.29 is 0 Å². The van der Waals surface area contributed by atoms with Crippen LogP contribution in [0.1, 0.15) is 9.88 Å². The Morgan fingerprint density at radius 2 is 2.64 bits per heavy atom. The van der Waals surface area contributed by atoms with E-state index < -0.39 is 0 Å². The molecule has 0 fully saturated rings. The monoisotopic (exact) mass is 168 g/mol. The molecule has 0 aliphatic heterocycles. The number of aryl methyl sites for hydroxylation is 1. The fourth-order valence-corrected chi connectivity index (χ4v) is 1.55. The second kappa shape index (κ2) is 4.26.